The Balaban J connectivity index is 4.58. The fourth-order valence-corrected chi connectivity index (χ4v) is 0.727. The molecule has 0 radical (unpaired) electrons. The molecule has 0 saturated heterocycles. The Morgan fingerprint density at radius 2 is 2.15 bits per heavy atom. The van der Waals surface area contributed by atoms with Gasteiger partial charge in [-0.2, -0.15) is 12.6 Å². The smallest absolute Gasteiger partial charge is 0.337 e. The first-order valence-electron chi connectivity index (χ1n) is 3.84. The van der Waals surface area contributed by atoms with Crippen molar-refractivity contribution < 1.29 is 9.53 Å². The van der Waals surface area contributed by atoms with Crippen LogP contribution in [0, 0.1) is 0 Å². The maximum atomic E-state index is 11.0. The number of esters is 1. The third kappa shape index (κ3) is 4.58. The van der Waals surface area contributed by atoms with E-state index in [9.17, 15) is 4.79 Å². The molecule has 0 aliphatic heterocycles. The Labute approximate surface area is 84.4 Å². The van der Waals surface area contributed by atoms with E-state index in [2.05, 4.69) is 23.9 Å². The molecule has 0 unspecified atom stereocenters. The van der Waals surface area contributed by atoms with Gasteiger partial charge in [0.15, 0.2) is 0 Å². The van der Waals surface area contributed by atoms with E-state index in [1.165, 1.54) is 13.2 Å². The first-order chi connectivity index (χ1) is 6.15. The zero-order valence-corrected chi connectivity index (χ0v) is 8.80. The second-order valence-electron chi connectivity index (χ2n) is 2.49. The number of carbonyl (C=O) groups excluding carboxylic acids is 1. The molecule has 0 aliphatic rings. The lowest BCUT2D eigenvalue weighted by atomic mass is 10.2. The number of thiol groups is 1. The van der Waals surface area contributed by atoms with Crippen LogP contribution in [0.15, 0.2) is 36.0 Å². The van der Waals surface area contributed by atoms with Crippen molar-refractivity contribution in [2.24, 2.45) is 0 Å². The van der Waals surface area contributed by atoms with Crippen LogP contribution in [0.4, 0.5) is 0 Å². The number of methoxy groups -OCH3 is 1. The van der Waals surface area contributed by atoms with E-state index in [1.54, 1.807) is 6.08 Å². The first kappa shape index (κ1) is 12.0. The molecule has 0 aromatic carbocycles. The average Bonchev–Trinajstić information content (AvgIpc) is 2.17. The zero-order valence-electron chi connectivity index (χ0n) is 7.91. The van der Waals surface area contributed by atoms with Crippen LogP contribution in [0.5, 0.6) is 0 Å². The van der Waals surface area contributed by atoms with Crippen LogP contribution < -0.4 is 0 Å². The van der Waals surface area contributed by atoms with E-state index < -0.39 is 0 Å². The summed E-state index contributed by atoms with van der Waals surface area (Å²) >= 11 is 4.08. The van der Waals surface area contributed by atoms with Crippen molar-refractivity contribution in [3.63, 3.8) is 0 Å². The molecule has 0 saturated carbocycles. The second kappa shape index (κ2) is 6.54. The lowest BCUT2D eigenvalue weighted by molar-refractivity contribution is -0.135. The molecule has 0 heterocycles. The molecule has 0 aromatic rings. The van der Waals surface area contributed by atoms with Gasteiger partial charge in [0.1, 0.15) is 0 Å². The molecule has 0 aliphatic carbocycles. The largest absolute Gasteiger partial charge is 0.465 e. The number of hydrogen-bond acceptors (Lipinski definition) is 3. The topological polar surface area (TPSA) is 26.3 Å². The molecule has 3 heteroatoms. The highest BCUT2D eigenvalue weighted by Crippen LogP contribution is 2.02. The standard InChI is InChI=1S/C10H14O2S/c1-4-9(10(11)12-3)6-5-8(2)7-13/h4-6,13H,1,7H2,2-3H3/b8-5-,9-6+. The summed E-state index contributed by atoms with van der Waals surface area (Å²) in [6.45, 7) is 5.45. The van der Waals surface area contributed by atoms with E-state index in [1.807, 2.05) is 13.0 Å². The SMILES string of the molecule is C=C/C(=C\C=C(\C)CS)C(=O)OC. The summed E-state index contributed by atoms with van der Waals surface area (Å²) in [7, 11) is 1.34. The second-order valence-corrected chi connectivity index (χ2v) is 2.81. The molecule has 13 heavy (non-hydrogen) atoms. The Morgan fingerprint density at radius 3 is 2.54 bits per heavy atom. The molecule has 0 atom stereocenters. The summed E-state index contributed by atoms with van der Waals surface area (Å²) < 4.78 is 4.54. The van der Waals surface area contributed by atoms with Gasteiger partial charge in [-0.3, -0.25) is 0 Å². The third-order valence-electron chi connectivity index (χ3n) is 1.44. The number of hydrogen-bond donors (Lipinski definition) is 1. The van der Waals surface area contributed by atoms with Crippen LogP contribution in [0.2, 0.25) is 0 Å². The van der Waals surface area contributed by atoms with E-state index in [4.69, 9.17) is 0 Å². The number of ether oxygens (including phenoxy) is 1. The van der Waals surface area contributed by atoms with Crippen molar-refractivity contribution in [2.75, 3.05) is 12.9 Å². The molecule has 0 bridgehead atoms. The minimum Gasteiger partial charge on any atom is -0.465 e. The maximum Gasteiger partial charge on any atom is 0.337 e. The lowest BCUT2D eigenvalue weighted by Gasteiger charge is -1.97. The normalized spacial score (nSPS) is 12.5. The summed E-state index contributed by atoms with van der Waals surface area (Å²) in [6, 6.07) is 0. The molecule has 2 nitrogen and oxygen atoms in total. The molecule has 0 rings (SSSR count). The van der Waals surface area contributed by atoms with E-state index >= 15 is 0 Å². The van der Waals surface area contributed by atoms with Crippen molar-refractivity contribution in [3.05, 3.63) is 36.0 Å². The van der Waals surface area contributed by atoms with Crippen molar-refractivity contribution in [1.29, 1.82) is 0 Å². The average molecular weight is 198 g/mol. The third-order valence-corrected chi connectivity index (χ3v) is 1.94. The minimum atomic E-state index is -0.377. The fraction of sp³-hybridized carbons (Fsp3) is 0.300. The van der Waals surface area contributed by atoms with Crippen molar-refractivity contribution in [1.82, 2.24) is 0 Å². The summed E-state index contributed by atoms with van der Waals surface area (Å²) in [4.78, 5) is 11.0. The molecule has 72 valence electrons. The molecule has 0 amide bonds. The summed E-state index contributed by atoms with van der Waals surface area (Å²) in [5.41, 5.74) is 1.52. The summed E-state index contributed by atoms with van der Waals surface area (Å²) in [5, 5.41) is 0. The van der Waals surface area contributed by atoms with E-state index in [-0.39, 0.29) is 5.97 Å². The maximum absolute atomic E-state index is 11.0. The Hall–Kier alpha value is -0.960. The van der Waals surface area contributed by atoms with Crippen LogP contribution in [0.1, 0.15) is 6.92 Å². The number of carbonyl (C=O) groups is 1. The number of allylic oxidation sites excluding steroid dienone is 2. The molecular formula is C10H14O2S. The Bertz CT molecular complexity index is 252. The van der Waals surface area contributed by atoms with Gasteiger partial charge in [-0.25, -0.2) is 4.79 Å². The van der Waals surface area contributed by atoms with Crippen LogP contribution in [-0.2, 0) is 9.53 Å². The molecule has 0 spiro atoms. The summed E-state index contributed by atoms with van der Waals surface area (Å²) in [6.07, 6.45) is 4.96. The quantitative estimate of drug-likeness (QED) is 0.324. The van der Waals surface area contributed by atoms with Gasteiger partial charge in [-0.05, 0) is 13.0 Å². The summed E-state index contributed by atoms with van der Waals surface area (Å²) in [5.74, 6) is 0.292. The van der Waals surface area contributed by atoms with Crippen LogP contribution in [0.3, 0.4) is 0 Å². The molecule has 0 N–H and O–H groups in total. The molecule has 0 aromatic heterocycles. The minimum absolute atomic E-state index is 0.377. The molecule has 0 fully saturated rings. The number of rotatable bonds is 4. The van der Waals surface area contributed by atoms with Gasteiger partial charge in [-0.15, -0.1) is 0 Å². The van der Waals surface area contributed by atoms with Crippen LogP contribution in [-0.4, -0.2) is 18.8 Å². The Kier molecular flexibility index (Phi) is 6.06. The fourth-order valence-electron chi connectivity index (χ4n) is 0.622. The lowest BCUT2D eigenvalue weighted by Crippen LogP contribution is -2.01. The highest BCUT2D eigenvalue weighted by atomic mass is 32.1. The van der Waals surface area contributed by atoms with E-state index in [0.29, 0.717) is 11.3 Å². The van der Waals surface area contributed by atoms with Crippen LogP contribution >= 0.6 is 12.6 Å². The van der Waals surface area contributed by atoms with Gasteiger partial charge < -0.3 is 4.74 Å². The van der Waals surface area contributed by atoms with Crippen LogP contribution in [0.25, 0.3) is 0 Å². The monoisotopic (exact) mass is 198 g/mol. The van der Waals surface area contributed by atoms with Crippen molar-refractivity contribution in [3.8, 4) is 0 Å². The van der Waals surface area contributed by atoms with Gasteiger partial charge in [0.25, 0.3) is 0 Å². The highest BCUT2D eigenvalue weighted by Gasteiger charge is 2.02. The molecular weight excluding hydrogens is 184 g/mol. The zero-order chi connectivity index (χ0) is 10.3. The highest BCUT2D eigenvalue weighted by molar-refractivity contribution is 7.80. The van der Waals surface area contributed by atoms with Gasteiger partial charge in [0, 0.05) is 5.75 Å². The van der Waals surface area contributed by atoms with Gasteiger partial charge in [-0.1, -0.05) is 24.3 Å². The Morgan fingerprint density at radius 1 is 1.54 bits per heavy atom. The predicted molar refractivity (Wildman–Crippen MR) is 57.9 cm³/mol. The van der Waals surface area contributed by atoms with Crippen molar-refractivity contribution in [2.45, 2.75) is 6.92 Å². The van der Waals surface area contributed by atoms with Gasteiger partial charge in [0.2, 0.25) is 0 Å². The predicted octanol–water partition coefficient (Wildman–Crippen LogP) is 2.15. The first-order valence-corrected chi connectivity index (χ1v) is 4.48. The van der Waals surface area contributed by atoms with Crippen molar-refractivity contribution >= 4 is 18.6 Å². The van der Waals surface area contributed by atoms with Gasteiger partial charge in [0.05, 0.1) is 12.7 Å². The van der Waals surface area contributed by atoms with Gasteiger partial charge >= 0.3 is 5.97 Å². The van der Waals surface area contributed by atoms with E-state index in [0.717, 1.165) is 5.57 Å².